The van der Waals surface area contributed by atoms with E-state index in [1.54, 1.807) is 0 Å². The highest BCUT2D eigenvalue weighted by Gasteiger charge is 2.64. The van der Waals surface area contributed by atoms with Gasteiger partial charge in [0.05, 0.1) is 0 Å². The van der Waals surface area contributed by atoms with Gasteiger partial charge in [0, 0.05) is 0 Å². The SMILES string of the molecule is O=C(O)[C@@H]1[C@H]2O[C@H]([C@@H](O)[C@H]2O)[C@@H]1C(=O)O. The van der Waals surface area contributed by atoms with E-state index >= 15 is 0 Å². The molecule has 7 heteroatoms. The van der Waals surface area contributed by atoms with Crippen molar-refractivity contribution in [3.63, 3.8) is 0 Å². The number of rotatable bonds is 2. The molecule has 7 nitrogen and oxygen atoms in total. The Balaban J connectivity index is 2.32. The summed E-state index contributed by atoms with van der Waals surface area (Å²) in [4.78, 5) is 21.6. The van der Waals surface area contributed by atoms with Gasteiger partial charge in [-0.1, -0.05) is 0 Å². The molecule has 84 valence electrons. The zero-order valence-electron chi connectivity index (χ0n) is 7.48. The van der Waals surface area contributed by atoms with Crippen molar-refractivity contribution < 1.29 is 34.8 Å². The van der Waals surface area contributed by atoms with Crippen molar-refractivity contribution in [2.75, 3.05) is 0 Å². The largest absolute Gasteiger partial charge is 0.481 e. The van der Waals surface area contributed by atoms with Crippen molar-refractivity contribution in [1.29, 1.82) is 0 Å². The molecule has 2 heterocycles. The number of carbonyl (C=O) groups is 2. The summed E-state index contributed by atoms with van der Waals surface area (Å²) < 4.78 is 4.98. The Morgan fingerprint density at radius 2 is 1.20 bits per heavy atom. The molecule has 2 fully saturated rings. The summed E-state index contributed by atoms with van der Waals surface area (Å²) in [6.07, 6.45) is -4.93. The molecular formula is C8H10O7. The van der Waals surface area contributed by atoms with Gasteiger partial charge in [0.1, 0.15) is 36.3 Å². The Hall–Kier alpha value is -1.18. The third-order valence-corrected chi connectivity index (χ3v) is 3.00. The predicted molar refractivity (Wildman–Crippen MR) is 42.9 cm³/mol. The molecule has 0 aliphatic carbocycles. The Bertz CT molecular complexity index is 284. The number of fused-ring (bicyclic) bond motifs is 2. The van der Waals surface area contributed by atoms with E-state index in [1.165, 1.54) is 0 Å². The summed E-state index contributed by atoms with van der Waals surface area (Å²) in [5.74, 6) is -5.27. The molecule has 0 spiro atoms. The van der Waals surface area contributed by atoms with E-state index in [0.717, 1.165) is 0 Å². The first kappa shape index (κ1) is 10.3. The first-order valence-corrected chi connectivity index (χ1v) is 4.42. The minimum atomic E-state index is -1.33. The van der Waals surface area contributed by atoms with Gasteiger partial charge in [-0.25, -0.2) is 0 Å². The second kappa shape index (κ2) is 3.16. The molecule has 0 aromatic heterocycles. The molecule has 15 heavy (non-hydrogen) atoms. The number of aliphatic carboxylic acids is 2. The average molecular weight is 218 g/mol. The highest BCUT2D eigenvalue weighted by molar-refractivity contribution is 5.82. The maximum absolute atomic E-state index is 10.8. The van der Waals surface area contributed by atoms with E-state index in [-0.39, 0.29) is 0 Å². The molecule has 0 amide bonds. The lowest BCUT2D eigenvalue weighted by molar-refractivity contribution is -0.158. The minimum absolute atomic E-state index is 1.14. The molecule has 2 rings (SSSR count). The fourth-order valence-corrected chi connectivity index (χ4v) is 2.32. The van der Waals surface area contributed by atoms with Crippen LogP contribution in [-0.2, 0) is 14.3 Å². The third kappa shape index (κ3) is 1.24. The van der Waals surface area contributed by atoms with Crippen molar-refractivity contribution in [3.05, 3.63) is 0 Å². The maximum atomic E-state index is 10.8. The number of carboxylic acids is 2. The second-order valence-electron chi connectivity index (χ2n) is 3.77. The Morgan fingerprint density at radius 1 is 0.867 bits per heavy atom. The van der Waals surface area contributed by atoms with Crippen LogP contribution < -0.4 is 0 Å². The summed E-state index contributed by atoms with van der Waals surface area (Å²) in [5.41, 5.74) is 0. The van der Waals surface area contributed by atoms with Crippen LogP contribution in [-0.4, -0.2) is 56.8 Å². The van der Waals surface area contributed by atoms with Gasteiger partial charge in [-0.2, -0.15) is 0 Å². The van der Waals surface area contributed by atoms with Crippen LogP contribution >= 0.6 is 0 Å². The zero-order chi connectivity index (χ0) is 11.3. The summed E-state index contributed by atoms with van der Waals surface area (Å²) >= 11 is 0. The number of aliphatic hydroxyl groups excluding tert-OH is 2. The van der Waals surface area contributed by atoms with Crippen LogP contribution in [0.4, 0.5) is 0 Å². The van der Waals surface area contributed by atoms with Gasteiger partial charge in [-0.05, 0) is 0 Å². The van der Waals surface area contributed by atoms with E-state index in [4.69, 9.17) is 14.9 Å². The molecule has 0 unspecified atom stereocenters. The van der Waals surface area contributed by atoms with Crippen molar-refractivity contribution in [2.45, 2.75) is 24.4 Å². The van der Waals surface area contributed by atoms with Crippen LogP contribution in [0.5, 0.6) is 0 Å². The summed E-state index contributed by atoms with van der Waals surface area (Å²) in [5, 5.41) is 36.4. The van der Waals surface area contributed by atoms with Gasteiger partial charge < -0.3 is 25.2 Å². The van der Waals surface area contributed by atoms with E-state index in [9.17, 15) is 19.8 Å². The number of hydrogen-bond acceptors (Lipinski definition) is 5. The molecule has 0 aromatic carbocycles. The lowest BCUT2D eigenvalue weighted by Crippen LogP contribution is -2.51. The van der Waals surface area contributed by atoms with E-state index in [0.29, 0.717) is 0 Å². The van der Waals surface area contributed by atoms with Crippen molar-refractivity contribution in [2.24, 2.45) is 11.8 Å². The molecule has 2 saturated heterocycles. The topological polar surface area (TPSA) is 124 Å². The Morgan fingerprint density at radius 3 is 1.47 bits per heavy atom. The number of hydrogen-bond donors (Lipinski definition) is 4. The van der Waals surface area contributed by atoms with Gasteiger partial charge in [0.15, 0.2) is 0 Å². The second-order valence-corrected chi connectivity index (χ2v) is 3.77. The molecule has 0 aromatic rings. The van der Waals surface area contributed by atoms with Crippen LogP contribution in [0, 0.1) is 11.8 Å². The van der Waals surface area contributed by atoms with E-state index in [2.05, 4.69) is 0 Å². The average Bonchev–Trinajstić information content (AvgIpc) is 2.64. The van der Waals surface area contributed by atoms with Crippen LogP contribution in [0.25, 0.3) is 0 Å². The molecule has 2 aliphatic rings. The van der Waals surface area contributed by atoms with E-state index < -0.39 is 48.2 Å². The quantitative estimate of drug-likeness (QED) is 0.418. The van der Waals surface area contributed by atoms with Gasteiger partial charge in [0.2, 0.25) is 0 Å². The molecule has 0 saturated carbocycles. The van der Waals surface area contributed by atoms with Gasteiger partial charge in [-0.3, -0.25) is 9.59 Å². The monoisotopic (exact) mass is 218 g/mol. The summed E-state index contributed by atoms with van der Waals surface area (Å²) in [6, 6.07) is 0. The summed E-state index contributed by atoms with van der Waals surface area (Å²) in [6.45, 7) is 0. The fraction of sp³-hybridized carbons (Fsp3) is 0.750. The van der Waals surface area contributed by atoms with Crippen molar-refractivity contribution >= 4 is 11.9 Å². The lowest BCUT2D eigenvalue weighted by Gasteiger charge is -2.28. The minimum Gasteiger partial charge on any atom is -0.481 e. The smallest absolute Gasteiger partial charge is 0.310 e. The van der Waals surface area contributed by atoms with E-state index in [1.807, 2.05) is 0 Å². The number of ether oxygens (including phenoxy) is 1. The standard InChI is InChI=1S/C8H10O7/c9-3-4(10)6-2(8(13)14)1(7(11)12)5(3)15-6/h1-6,9-10H,(H,11,12)(H,13,14)/t1-,2+,3+,4-,5+,6-. The Labute approximate surface area is 83.9 Å². The van der Waals surface area contributed by atoms with Crippen LogP contribution in [0.2, 0.25) is 0 Å². The Kier molecular flexibility index (Phi) is 2.18. The van der Waals surface area contributed by atoms with Crippen LogP contribution in [0.15, 0.2) is 0 Å². The predicted octanol–water partition coefficient (Wildman–Crippen LogP) is -2.11. The molecule has 6 atom stereocenters. The molecule has 2 bridgehead atoms. The first-order chi connectivity index (χ1) is 6.95. The zero-order valence-corrected chi connectivity index (χ0v) is 7.48. The lowest BCUT2D eigenvalue weighted by atomic mass is 9.76. The van der Waals surface area contributed by atoms with Gasteiger partial charge >= 0.3 is 11.9 Å². The molecule has 0 radical (unpaired) electrons. The molecule has 2 aliphatic heterocycles. The van der Waals surface area contributed by atoms with Gasteiger partial charge in [0.25, 0.3) is 0 Å². The summed E-state index contributed by atoms with van der Waals surface area (Å²) in [7, 11) is 0. The first-order valence-electron chi connectivity index (χ1n) is 4.42. The maximum Gasteiger partial charge on any atom is 0.310 e. The fourth-order valence-electron chi connectivity index (χ4n) is 2.32. The number of carboxylic acid groups (broad SMARTS) is 2. The van der Waals surface area contributed by atoms with Crippen molar-refractivity contribution in [3.8, 4) is 0 Å². The number of aliphatic hydroxyl groups is 2. The highest BCUT2D eigenvalue weighted by atomic mass is 16.6. The van der Waals surface area contributed by atoms with Crippen molar-refractivity contribution in [1.82, 2.24) is 0 Å². The highest BCUT2D eigenvalue weighted by Crippen LogP contribution is 2.43. The third-order valence-electron chi connectivity index (χ3n) is 3.00. The molecule has 4 N–H and O–H groups in total. The van der Waals surface area contributed by atoms with Crippen LogP contribution in [0.3, 0.4) is 0 Å². The molecular weight excluding hydrogens is 208 g/mol. The normalized spacial score (nSPS) is 48.1. The van der Waals surface area contributed by atoms with Crippen LogP contribution in [0.1, 0.15) is 0 Å². The van der Waals surface area contributed by atoms with Gasteiger partial charge in [-0.15, -0.1) is 0 Å².